The molecule has 0 radical (unpaired) electrons. The number of ether oxygens (including phenoxy) is 1. The first-order chi connectivity index (χ1) is 16.9. The Labute approximate surface area is 210 Å². The molecule has 0 aliphatic carbocycles. The highest BCUT2D eigenvalue weighted by Crippen LogP contribution is 2.35. The number of carboxylic acid groups (broad SMARTS) is 1. The van der Waals surface area contributed by atoms with Gasteiger partial charge in [0.1, 0.15) is 16.3 Å². The number of rotatable bonds is 8. The SMILES string of the molecule is COc1ccc(Cl)cc1-c1nc(S/C(=C/c2ccc(N3CCCCC3)c([N+](=O)[O-])c2)C(=O)O)n[nH]1. The zero-order chi connectivity index (χ0) is 24.9. The number of methoxy groups -OCH3 is 1. The summed E-state index contributed by atoms with van der Waals surface area (Å²) in [5, 5.41) is 29.0. The second kappa shape index (κ2) is 10.8. The monoisotopic (exact) mass is 515 g/mol. The van der Waals surface area contributed by atoms with Crippen LogP contribution >= 0.6 is 23.4 Å². The number of hydrogen-bond acceptors (Lipinski definition) is 8. The number of nitro groups is 1. The normalized spacial score (nSPS) is 14.1. The van der Waals surface area contributed by atoms with Crippen molar-refractivity contribution in [2.24, 2.45) is 0 Å². The number of anilines is 1. The number of nitro benzene ring substituents is 1. The zero-order valence-electron chi connectivity index (χ0n) is 18.7. The quantitative estimate of drug-likeness (QED) is 0.178. The van der Waals surface area contributed by atoms with Crippen molar-refractivity contribution in [3.63, 3.8) is 0 Å². The summed E-state index contributed by atoms with van der Waals surface area (Å²) in [6.45, 7) is 1.52. The van der Waals surface area contributed by atoms with Gasteiger partial charge in [-0.3, -0.25) is 15.2 Å². The van der Waals surface area contributed by atoms with Crippen molar-refractivity contribution in [1.29, 1.82) is 0 Å². The Balaban J connectivity index is 1.61. The molecule has 0 unspecified atom stereocenters. The first-order valence-electron chi connectivity index (χ1n) is 10.8. The van der Waals surface area contributed by atoms with Crippen LogP contribution in [0.3, 0.4) is 0 Å². The van der Waals surface area contributed by atoms with Gasteiger partial charge in [-0.05, 0) is 66.9 Å². The zero-order valence-corrected chi connectivity index (χ0v) is 20.3. The van der Waals surface area contributed by atoms with Crippen LogP contribution in [0.25, 0.3) is 17.5 Å². The van der Waals surface area contributed by atoms with Crippen molar-refractivity contribution >= 4 is 46.8 Å². The third-order valence-corrected chi connectivity index (χ3v) is 6.60. The fourth-order valence-corrected chi connectivity index (χ4v) is 4.72. The lowest BCUT2D eigenvalue weighted by Crippen LogP contribution is -2.29. The number of carbonyl (C=O) groups is 1. The summed E-state index contributed by atoms with van der Waals surface area (Å²) < 4.78 is 5.33. The van der Waals surface area contributed by atoms with E-state index in [0.29, 0.717) is 33.4 Å². The van der Waals surface area contributed by atoms with Gasteiger partial charge in [0.2, 0.25) is 5.16 Å². The molecule has 10 nitrogen and oxygen atoms in total. The molecule has 35 heavy (non-hydrogen) atoms. The molecule has 12 heteroatoms. The van der Waals surface area contributed by atoms with Gasteiger partial charge in [-0.1, -0.05) is 17.7 Å². The van der Waals surface area contributed by atoms with Gasteiger partial charge in [0.25, 0.3) is 5.69 Å². The van der Waals surface area contributed by atoms with Crippen LogP contribution in [0.4, 0.5) is 11.4 Å². The van der Waals surface area contributed by atoms with Crippen LogP contribution in [0.5, 0.6) is 5.75 Å². The Kier molecular flexibility index (Phi) is 7.57. The largest absolute Gasteiger partial charge is 0.496 e. The fraction of sp³-hybridized carbons (Fsp3) is 0.261. The van der Waals surface area contributed by atoms with Gasteiger partial charge in [0.05, 0.1) is 17.6 Å². The summed E-state index contributed by atoms with van der Waals surface area (Å²) in [7, 11) is 1.51. The molecule has 2 N–H and O–H groups in total. The Morgan fingerprint density at radius 3 is 2.71 bits per heavy atom. The maximum Gasteiger partial charge on any atom is 0.342 e. The summed E-state index contributed by atoms with van der Waals surface area (Å²) in [5.74, 6) is -0.320. The number of aromatic nitrogens is 3. The summed E-state index contributed by atoms with van der Waals surface area (Å²) in [6, 6.07) is 9.78. The first-order valence-corrected chi connectivity index (χ1v) is 12.0. The lowest BCUT2D eigenvalue weighted by Gasteiger charge is -2.28. The van der Waals surface area contributed by atoms with Gasteiger partial charge >= 0.3 is 5.97 Å². The number of benzene rings is 2. The van der Waals surface area contributed by atoms with Crippen LogP contribution in [-0.4, -0.2) is 51.4 Å². The number of hydrogen-bond donors (Lipinski definition) is 2. The van der Waals surface area contributed by atoms with E-state index in [-0.39, 0.29) is 15.7 Å². The van der Waals surface area contributed by atoms with Crippen molar-refractivity contribution in [2.75, 3.05) is 25.1 Å². The minimum atomic E-state index is -1.20. The van der Waals surface area contributed by atoms with E-state index >= 15 is 0 Å². The number of H-pyrrole nitrogens is 1. The molecule has 2 heterocycles. The minimum Gasteiger partial charge on any atom is -0.496 e. The van der Waals surface area contributed by atoms with Gasteiger partial charge in [-0.2, -0.15) is 0 Å². The van der Waals surface area contributed by atoms with E-state index in [1.807, 2.05) is 4.90 Å². The first kappa shape index (κ1) is 24.6. The topological polar surface area (TPSA) is 134 Å². The third-order valence-electron chi connectivity index (χ3n) is 5.48. The molecule has 3 aromatic rings. The Bertz CT molecular complexity index is 1290. The third kappa shape index (κ3) is 5.75. The summed E-state index contributed by atoms with van der Waals surface area (Å²) in [5.41, 5.74) is 1.47. The number of nitrogens with one attached hydrogen (secondary N) is 1. The summed E-state index contributed by atoms with van der Waals surface area (Å²) in [4.78, 5) is 29.5. The van der Waals surface area contributed by atoms with Gasteiger partial charge in [-0.15, -0.1) is 5.10 Å². The van der Waals surface area contributed by atoms with Crippen molar-refractivity contribution in [3.05, 3.63) is 62.0 Å². The summed E-state index contributed by atoms with van der Waals surface area (Å²) in [6.07, 6.45) is 4.45. The predicted molar refractivity (Wildman–Crippen MR) is 134 cm³/mol. The minimum absolute atomic E-state index is 0.0522. The lowest BCUT2D eigenvalue weighted by molar-refractivity contribution is -0.384. The van der Waals surface area contributed by atoms with E-state index in [1.165, 1.54) is 19.3 Å². The number of aromatic amines is 1. The molecule has 4 rings (SSSR count). The van der Waals surface area contributed by atoms with Gasteiger partial charge in [-0.25, -0.2) is 9.78 Å². The smallest absolute Gasteiger partial charge is 0.342 e. The van der Waals surface area contributed by atoms with Crippen molar-refractivity contribution < 1.29 is 19.6 Å². The van der Waals surface area contributed by atoms with E-state index in [2.05, 4.69) is 15.2 Å². The molecule has 0 saturated carbocycles. The van der Waals surface area contributed by atoms with Crippen LogP contribution < -0.4 is 9.64 Å². The molecule has 1 saturated heterocycles. The molecule has 2 aromatic carbocycles. The highest BCUT2D eigenvalue weighted by atomic mass is 35.5. The number of carboxylic acids is 1. The van der Waals surface area contributed by atoms with Gasteiger partial charge in [0.15, 0.2) is 5.82 Å². The van der Waals surface area contributed by atoms with Crippen LogP contribution in [0.1, 0.15) is 24.8 Å². The average Bonchev–Trinajstić information content (AvgIpc) is 3.32. The highest BCUT2D eigenvalue weighted by Gasteiger charge is 2.22. The Morgan fingerprint density at radius 1 is 1.26 bits per heavy atom. The number of piperidine rings is 1. The van der Waals surface area contributed by atoms with Crippen molar-refractivity contribution in [1.82, 2.24) is 15.2 Å². The molecule has 0 bridgehead atoms. The predicted octanol–water partition coefficient (Wildman–Crippen LogP) is 5.25. The van der Waals surface area contributed by atoms with E-state index in [4.69, 9.17) is 16.3 Å². The maximum atomic E-state index is 11.9. The van der Waals surface area contributed by atoms with Crippen LogP contribution in [0.2, 0.25) is 5.02 Å². The van der Waals surface area contributed by atoms with E-state index < -0.39 is 10.9 Å². The van der Waals surface area contributed by atoms with E-state index in [0.717, 1.165) is 44.1 Å². The number of thioether (sulfide) groups is 1. The van der Waals surface area contributed by atoms with E-state index in [9.17, 15) is 20.0 Å². The molecule has 1 aliphatic rings. The van der Waals surface area contributed by atoms with Crippen LogP contribution in [-0.2, 0) is 4.79 Å². The second-order valence-electron chi connectivity index (χ2n) is 7.78. The molecule has 182 valence electrons. The number of halogens is 1. The van der Waals surface area contributed by atoms with Gasteiger partial charge in [0, 0.05) is 24.2 Å². The lowest BCUT2D eigenvalue weighted by atomic mass is 10.1. The molecule has 1 aliphatic heterocycles. The van der Waals surface area contributed by atoms with Gasteiger partial charge < -0.3 is 14.7 Å². The standard InChI is InChI=1S/C23H22ClN5O5S/c1-34-19-8-6-15(24)13-16(19)21-25-23(27-26-21)35-20(22(30)31)12-14-5-7-17(18(11-14)29(32)33)28-9-3-2-4-10-28/h5-8,11-13H,2-4,9-10H2,1H3,(H,30,31)(H,25,26,27)/b20-12+. The average molecular weight is 516 g/mol. The van der Waals surface area contributed by atoms with Crippen LogP contribution in [0, 0.1) is 10.1 Å². The molecular formula is C23H22ClN5O5S. The number of aliphatic carboxylic acids is 1. The molecule has 0 atom stereocenters. The van der Waals surface area contributed by atoms with E-state index in [1.54, 1.807) is 30.3 Å². The molecule has 0 spiro atoms. The Hall–Kier alpha value is -3.57. The van der Waals surface area contributed by atoms with Crippen molar-refractivity contribution in [3.8, 4) is 17.1 Å². The number of nitrogens with zero attached hydrogens (tertiary/aromatic N) is 4. The second-order valence-corrected chi connectivity index (χ2v) is 9.23. The summed E-state index contributed by atoms with van der Waals surface area (Å²) >= 11 is 6.91. The maximum absolute atomic E-state index is 11.9. The van der Waals surface area contributed by atoms with Crippen molar-refractivity contribution in [2.45, 2.75) is 24.4 Å². The Morgan fingerprint density at radius 2 is 2.03 bits per heavy atom. The molecule has 1 fully saturated rings. The highest BCUT2D eigenvalue weighted by molar-refractivity contribution is 8.04. The fourth-order valence-electron chi connectivity index (χ4n) is 3.84. The molecule has 1 aromatic heterocycles. The molecule has 0 amide bonds. The van der Waals surface area contributed by atoms with Crippen LogP contribution in [0.15, 0.2) is 46.5 Å². The molecular weight excluding hydrogens is 494 g/mol.